The molecule has 1 aliphatic heterocycles. The molecular formula is C19H26O4S. The fraction of sp³-hybridized carbons (Fsp3) is 0.579. The van der Waals surface area contributed by atoms with E-state index in [9.17, 15) is 8.42 Å². The Morgan fingerprint density at radius 3 is 2.33 bits per heavy atom. The topological polar surface area (TPSA) is 52.6 Å². The standard InChI is InChI=1S/C19H26O4S/c1-14(2)24(20,21)17-10-13-19(11-4-5-12-19)23-18(17)15-6-8-16(22-3)9-7-15/h6-10,14,18H,4-5,11-13H2,1-3H3. The maximum atomic E-state index is 12.8. The SMILES string of the molecule is COc1ccc(C2OC3(CC=C2S(=O)(=O)C(C)C)CCCC3)cc1. The Morgan fingerprint density at radius 2 is 1.79 bits per heavy atom. The number of sulfone groups is 1. The summed E-state index contributed by atoms with van der Waals surface area (Å²) in [6, 6.07) is 7.52. The van der Waals surface area contributed by atoms with Gasteiger partial charge in [0.15, 0.2) is 9.84 Å². The quantitative estimate of drug-likeness (QED) is 0.817. The van der Waals surface area contributed by atoms with E-state index in [0.29, 0.717) is 11.3 Å². The third-order valence-corrected chi connectivity index (χ3v) is 7.46. The van der Waals surface area contributed by atoms with Crippen LogP contribution in [0.1, 0.15) is 57.6 Å². The van der Waals surface area contributed by atoms with E-state index in [4.69, 9.17) is 9.47 Å². The fourth-order valence-electron chi connectivity index (χ4n) is 3.64. The van der Waals surface area contributed by atoms with E-state index in [0.717, 1.165) is 37.0 Å². The molecule has 1 aromatic carbocycles. The molecule has 0 aromatic heterocycles. The normalized spacial score (nSPS) is 23.5. The maximum absolute atomic E-state index is 12.8. The van der Waals surface area contributed by atoms with Gasteiger partial charge in [0.05, 0.1) is 22.9 Å². The first-order valence-corrected chi connectivity index (χ1v) is 10.2. The highest BCUT2D eigenvalue weighted by atomic mass is 32.2. The van der Waals surface area contributed by atoms with E-state index in [1.165, 1.54) is 0 Å². The van der Waals surface area contributed by atoms with Crippen molar-refractivity contribution in [1.82, 2.24) is 0 Å². The van der Waals surface area contributed by atoms with Crippen LogP contribution in [-0.2, 0) is 14.6 Å². The average Bonchev–Trinajstić information content (AvgIpc) is 3.02. The van der Waals surface area contributed by atoms with Crippen LogP contribution in [0.2, 0.25) is 0 Å². The maximum Gasteiger partial charge on any atom is 0.179 e. The van der Waals surface area contributed by atoms with Gasteiger partial charge in [0.2, 0.25) is 0 Å². The van der Waals surface area contributed by atoms with Gasteiger partial charge >= 0.3 is 0 Å². The summed E-state index contributed by atoms with van der Waals surface area (Å²) < 4.78 is 37.3. The van der Waals surface area contributed by atoms with Crippen molar-refractivity contribution in [3.63, 3.8) is 0 Å². The molecule has 3 rings (SSSR count). The summed E-state index contributed by atoms with van der Waals surface area (Å²) in [5, 5.41) is -0.453. The minimum Gasteiger partial charge on any atom is -0.497 e. The molecule has 1 heterocycles. The molecule has 1 aliphatic carbocycles. The Kier molecular flexibility index (Phi) is 4.76. The summed E-state index contributed by atoms with van der Waals surface area (Å²) in [6.07, 6.45) is 6.40. The van der Waals surface area contributed by atoms with Crippen LogP contribution in [0.25, 0.3) is 0 Å². The van der Waals surface area contributed by atoms with Gasteiger partial charge in [-0.2, -0.15) is 0 Å². The van der Waals surface area contributed by atoms with Crippen molar-refractivity contribution < 1.29 is 17.9 Å². The highest BCUT2D eigenvalue weighted by molar-refractivity contribution is 7.95. The van der Waals surface area contributed by atoms with Crippen LogP contribution in [0.5, 0.6) is 5.75 Å². The lowest BCUT2D eigenvalue weighted by Crippen LogP contribution is -2.37. The molecule has 5 heteroatoms. The Bertz CT molecular complexity index is 710. The monoisotopic (exact) mass is 350 g/mol. The average molecular weight is 350 g/mol. The van der Waals surface area contributed by atoms with Crippen molar-refractivity contribution >= 4 is 9.84 Å². The molecule has 0 amide bonds. The summed E-state index contributed by atoms with van der Waals surface area (Å²) in [5.74, 6) is 0.752. The van der Waals surface area contributed by atoms with E-state index in [1.807, 2.05) is 30.3 Å². The molecule has 1 fully saturated rings. The van der Waals surface area contributed by atoms with Crippen molar-refractivity contribution in [2.75, 3.05) is 7.11 Å². The third kappa shape index (κ3) is 3.11. The van der Waals surface area contributed by atoms with Crippen LogP contribution in [-0.4, -0.2) is 26.4 Å². The zero-order valence-electron chi connectivity index (χ0n) is 14.6. The number of rotatable bonds is 4. The lowest BCUT2D eigenvalue weighted by Gasteiger charge is -2.39. The molecule has 1 saturated carbocycles. The van der Waals surface area contributed by atoms with Gasteiger partial charge < -0.3 is 9.47 Å². The first kappa shape index (κ1) is 17.5. The summed E-state index contributed by atoms with van der Waals surface area (Å²) in [6.45, 7) is 3.45. The summed E-state index contributed by atoms with van der Waals surface area (Å²) in [4.78, 5) is 0.417. The summed E-state index contributed by atoms with van der Waals surface area (Å²) >= 11 is 0. The van der Waals surface area contributed by atoms with Gasteiger partial charge in [-0.15, -0.1) is 0 Å². The highest BCUT2D eigenvalue weighted by Crippen LogP contribution is 2.47. The van der Waals surface area contributed by atoms with Gasteiger partial charge in [-0.25, -0.2) is 8.42 Å². The number of benzene rings is 1. The van der Waals surface area contributed by atoms with Gasteiger partial charge in [-0.3, -0.25) is 0 Å². The Morgan fingerprint density at radius 1 is 1.17 bits per heavy atom. The lowest BCUT2D eigenvalue weighted by molar-refractivity contribution is -0.0817. The van der Waals surface area contributed by atoms with Crippen molar-refractivity contribution in [3.8, 4) is 5.75 Å². The van der Waals surface area contributed by atoms with Crippen molar-refractivity contribution in [3.05, 3.63) is 40.8 Å². The second-order valence-corrected chi connectivity index (χ2v) is 9.57. The van der Waals surface area contributed by atoms with Crippen molar-refractivity contribution in [2.24, 2.45) is 0 Å². The van der Waals surface area contributed by atoms with Gasteiger partial charge in [-0.1, -0.05) is 31.1 Å². The molecule has 24 heavy (non-hydrogen) atoms. The van der Waals surface area contributed by atoms with Crippen LogP contribution in [0.4, 0.5) is 0 Å². The smallest absolute Gasteiger partial charge is 0.179 e. The molecule has 1 spiro atoms. The molecule has 2 aliphatic rings. The highest BCUT2D eigenvalue weighted by Gasteiger charge is 2.44. The molecule has 0 saturated heterocycles. The minimum atomic E-state index is -3.35. The molecule has 1 unspecified atom stereocenters. The molecule has 4 nitrogen and oxygen atoms in total. The number of hydrogen-bond acceptors (Lipinski definition) is 4. The molecule has 132 valence electrons. The zero-order valence-corrected chi connectivity index (χ0v) is 15.4. The predicted octanol–water partition coefficient (Wildman–Crippen LogP) is 4.18. The van der Waals surface area contributed by atoms with Gasteiger partial charge in [0.25, 0.3) is 0 Å². The van der Waals surface area contributed by atoms with E-state index in [-0.39, 0.29) is 5.60 Å². The fourth-order valence-corrected chi connectivity index (χ4v) is 4.98. The summed E-state index contributed by atoms with van der Waals surface area (Å²) in [5.41, 5.74) is 0.679. The van der Waals surface area contributed by atoms with E-state index >= 15 is 0 Å². The Balaban J connectivity index is 2.02. The molecule has 0 radical (unpaired) electrons. The largest absolute Gasteiger partial charge is 0.497 e. The second-order valence-electron chi connectivity index (χ2n) is 7.07. The molecule has 0 N–H and O–H groups in total. The first-order valence-electron chi connectivity index (χ1n) is 8.64. The van der Waals surface area contributed by atoms with Crippen LogP contribution < -0.4 is 4.74 Å². The van der Waals surface area contributed by atoms with Crippen LogP contribution in [0, 0.1) is 0 Å². The predicted molar refractivity (Wildman–Crippen MR) is 94.8 cm³/mol. The molecular weight excluding hydrogens is 324 g/mol. The van der Waals surface area contributed by atoms with Crippen LogP contribution in [0.3, 0.4) is 0 Å². The number of methoxy groups -OCH3 is 1. The van der Waals surface area contributed by atoms with Crippen molar-refractivity contribution in [1.29, 1.82) is 0 Å². The van der Waals surface area contributed by atoms with Gasteiger partial charge in [0, 0.05) is 0 Å². The van der Waals surface area contributed by atoms with E-state index < -0.39 is 21.2 Å². The molecule has 0 bridgehead atoms. The van der Waals surface area contributed by atoms with Crippen molar-refractivity contribution in [2.45, 2.75) is 62.9 Å². The van der Waals surface area contributed by atoms with Gasteiger partial charge in [0.1, 0.15) is 11.9 Å². The Labute approximate surface area is 144 Å². The Hall–Kier alpha value is -1.33. The van der Waals surface area contributed by atoms with E-state index in [1.54, 1.807) is 21.0 Å². The second kappa shape index (κ2) is 6.52. The molecule has 1 aromatic rings. The van der Waals surface area contributed by atoms with Crippen LogP contribution >= 0.6 is 0 Å². The number of ether oxygens (including phenoxy) is 2. The molecule has 1 atom stereocenters. The van der Waals surface area contributed by atoms with Crippen LogP contribution in [0.15, 0.2) is 35.2 Å². The lowest BCUT2D eigenvalue weighted by atomic mass is 9.92. The van der Waals surface area contributed by atoms with E-state index in [2.05, 4.69) is 0 Å². The summed E-state index contributed by atoms with van der Waals surface area (Å²) in [7, 11) is -1.74. The van der Waals surface area contributed by atoms with Gasteiger partial charge in [-0.05, 0) is 50.8 Å². The first-order chi connectivity index (χ1) is 11.4. The zero-order chi connectivity index (χ0) is 17.4. The minimum absolute atomic E-state index is 0.194. The third-order valence-electron chi connectivity index (χ3n) is 5.18. The number of hydrogen-bond donors (Lipinski definition) is 0.